The van der Waals surface area contributed by atoms with Crippen LogP contribution in [0.4, 0.5) is 0 Å². The van der Waals surface area contributed by atoms with E-state index in [2.05, 4.69) is 13.8 Å². The van der Waals surface area contributed by atoms with Crippen LogP contribution in [0.3, 0.4) is 0 Å². The Kier molecular flexibility index (Phi) is 2.68. The number of ketones is 1. The lowest BCUT2D eigenvalue weighted by molar-refractivity contribution is -0.115. The molecule has 1 N–H and O–H groups in total. The van der Waals surface area contributed by atoms with Crippen LogP contribution >= 0.6 is 0 Å². The number of aliphatic hydroxyl groups is 1. The van der Waals surface area contributed by atoms with E-state index in [9.17, 15) is 4.79 Å². The molecule has 0 unspecified atom stereocenters. The lowest BCUT2D eigenvalue weighted by Gasteiger charge is -2.30. The van der Waals surface area contributed by atoms with Crippen LogP contribution in [0.2, 0.25) is 0 Å². The first-order valence-corrected chi connectivity index (χ1v) is 4.41. The summed E-state index contributed by atoms with van der Waals surface area (Å²) in [5.41, 5.74) is 1.21. The van der Waals surface area contributed by atoms with Crippen molar-refractivity contribution in [3.63, 3.8) is 0 Å². The number of rotatable bonds is 2. The second-order valence-electron chi connectivity index (χ2n) is 3.99. The molecule has 1 rings (SSSR count). The quantitative estimate of drug-likeness (QED) is 0.681. The molecule has 0 aliphatic heterocycles. The molecule has 0 bridgehead atoms. The highest BCUT2D eigenvalue weighted by Crippen LogP contribution is 2.36. The molecule has 0 aromatic rings. The van der Waals surface area contributed by atoms with Gasteiger partial charge in [0.15, 0.2) is 5.78 Å². The largest absolute Gasteiger partial charge is 0.396 e. The van der Waals surface area contributed by atoms with Gasteiger partial charge in [-0.25, -0.2) is 0 Å². The van der Waals surface area contributed by atoms with E-state index >= 15 is 0 Å². The van der Waals surface area contributed by atoms with E-state index in [4.69, 9.17) is 5.11 Å². The normalized spacial score (nSPS) is 22.2. The summed E-state index contributed by atoms with van der Waals surface area (Å²) in [6.45, 7) is 4.39. The third kappa shape index (κ3) is 1.95. The van der Waals surface area contributed by atoms with Crippen LogP contribution in [0.15, 0.2) is 11.6 Å². The molecule has 0 amide bonds. The van der Waals surface area contributed by atoms with Gasteiger partial charge in [0.25, 0.3) is 0 Å². The zero-order valence-corrected chi connectivity index (χ0v) is 7.76. The predicted molar refractivity (Wildman–Crippen MR) is 47.8 cm³/mol. The van der Waals surface area contributed by atoms with Gasteiger partial charge in [0.05, 0.1) is 0 Å². The van der Waals surface area contributed by atoms with Crippen LogP contribution in [-0.4, -0.2) is 17.5 Å². The molecule has 0 radical (unpaired) electrons. The van der Waals surface area contributed by atoms with Crippen molar-refractivity contribution in [3.05, 3.63) is 11.6 Å². The number of allylic oxidation sites excluding steroid dienone is 1. The molecule has 68 valence electrons. The van der Waals surface area contributed by atoms with E-state index in [-0.39, 0.29) is 17.8 Å². The minimum Gasteiger partial charge on any atom is -0.396 e. The Morgan fingerprint density at radius 2 is 2.25 bits per heavy atom. The van der Waals surface area contributed by atoms with Gasteiger partial charge in [-0.3, -0.25) is 4.79 Å². The molecule has 0 aromatic heterocycles. The summed E-state index contributed by atoms with van der Waals surface area (Å²) in [6, 6.07) is 0. The van der Waals surface area contributed by atoms with Gasteiger partial charge in [0.2, 0.25) is 0 Å². The fourth-order valence-corrected chi connectivity index (χ4v) is 1.59. The van der Waals surface area contributed by atoms with Crippen LogP contribution < -0.4 is 0 Å². The Morgan fingerprint density at radius 3 is 2.83 bits per heavy atom. The van der Waals surface area contributed by atoms with E-state index in [0.717, 1.165) is 12.0 Å². The first-order valence-electron chi connectivity index (χ1n) is 4.41. The maximum absolute atomic E-state index is 11.1. The van der Waals surface area contributed by atoms with Gasteiger partial charge >= 0.3 is 0 Å². The van der Waals surface area contributed by atoms with E-state index in [1.165, 1.54) is 0 Å². The highest BCUT2D eigenvalue weighted by molar-refractivity contribution is 5.91. The van der Waals surface area contributed by atoms with Crippen molar-refractivity contribution in [1.29, 1.82) is 0 Å². The Balaban J connectivity index is 2.81. The van der Waals surface area contributed by atoms with Gasteiger partial charge in [0, 0.05) is 13.0 Å². The standard InChI is InChI=1S/C10H16O2/c1-10(2)5-3-9(12)7-8(10)4-6-11/h7,11H,3-6H2,1-2H3. The first-order chi connectivity index (χ1) is 5.56. The van der Waals surface area contributed by atoms with Crippen LogP contribution in [0.5, 0.6) is 0 Å². The van der Waals surface area contributed by atoms with E-state index in [1.54, 1.807) is 6.08 Å². The van der Waals surface area contributed by atoms with Crippen molar-refractivity contribution in [1.82, 2.24) is 0 Å². The van der Waals surface area contributed by atoms with Crippen molar-refractivity contribution >= 4 is 5.78 Å². The molecule has 0 fully saturated rings. The molecule has 1 aliphatic carbocycles. The summed E-state index contributed by atoms with van der Waals surface area (Å²) in [5, 5.41) is 8.78. The van der Waals surface area contributed by atoms with Crippen LogP contribution in [0, 0.1) is 5.41 Å². The summed E-state index contributed by atoms with van der Waals surface area (Å²) in [7, 11) is 0. The maximum atomic E-state index is 11.1. The highest BCUT2D eigenvalue weighted by Gasteiger charge is 2.27. The summed E-state index contributed by atoms with van der Waals surface area (Å²) in [5.74, 6) is 0.206. The Bertz CT molecular complexity index is 214. The van der Waals surface area contributed by atoms with Gasteiger partial charge in [0.1, 0.15) is 0 Å². The predicted octanol–water partition coefficient (Wildman–Crippen LogP) is 1.68. The van der Waals surface area contributed by atoms with Crippen LogP contribution in [0.25, 0.3) is 0 Å². The third-order valence-electron chi connectivity index (χ3n) is 2.58. The Hall–Kier alpha value is -0.630. The van der Waals surface area contributed by atoms with Crippen LogP contribution in [0.1, 0.15) is 33.1 Å². The lowest BCUT2D eigenvalue weighted by Crippen LogP contribution is -2.22. The van der Waals surface area contributed by atoms with Gasteiger partial charge in [-0.05, 0) is 24.3 Å². The molecule has 1 aliphatic rings. The van der Waals surface area contributed by atoms with Crippen molar-refractivity contribution in [2.75, 3.05) is 6.61 Å². The minimum absolute atomic E-state index is 0.108. The SMILES string of the molecule is CC1(C)CCC(=O)C=C1CCO. The second kappa shape index (κ2) is 3.40. The number of hydrogen-bond donors (Lipinski definition) is 1. The summed E-state index contributed by atoms with van der Waals surface area (Å²) in [4.78, 5) is 11.1. The molecule has 0 aromatic carbocycles. The average molecular weight is 168 g/mol. The van der Waals surface area contributed by atoms with Crippen molar-refractivity contribution in [2.45, 2.75) is 33.1 Å². The molecule has 0 atom stereocenters. The molecular weight excluding hydrogens is 152 g/mol. The van der Waals surface area contributed by atoms with Gasteiger partial charge < -0.3 is 5.11 Å². The number of aliphatic hydroxyl groups excluding tert-OH is 1. The summed E-state index contributed by atoms with van der Waals surface area (Å²) in [6.07, 6.45) is 3.91. The Labute approximate surface area is 73.3 Å². The van der Waals surface area contributed by atoms with Crippen molar-refractivity contribution < 1.29 is 9.90 Å². The molecule has 0 heterocycles. The molecule has 2 heteroatoms. The van der Waals surface area contributed by atoms with Gasteiger partial charge in [-0.2, -0.15) is 0 Å². The van der Waals surface area contributed by atoms with E-state index in [1.807, 2.05) is 0 Å². The second-order valence-corrected chi connectivity index (χ2v) is 3.99. The smallest absolute Gasteiger partial charge is 0.155 e. The van der Waals surface area contributed by atoms with Crippen molar-refractivity contribution in [2.24, 2.45) is 5.41 Å². The summed E-state index contributed by atoms with van der Waals surface area (Å²) < 4.78 is 0. The molecule has 0 saturated heterocycles. The number of carbonyl (C=O) groups is 1. The number of hydrogen-bond acceptors (Lipinski definition) is 2. The van der Waals surface area contributed by atoms with E-state index in [0.29, 0.717) is 12.8 Å². The zero-order chi connectivity index (χ0) is 9.19. The zero-order valence-electron chi connectivity index (χ0n) is 7.76. The molecule has 0 spiro atoms. The van der Waals surface area contributed by atoms with Gasteiger partial charge in [-0.1, -0.05) is 19.4 Å². The highest BCUT2D eigenvalue weighted by atomic mass is 16.3. The fraction of sp³-hybridized carbons (Fsp3) is 0.700. The maximum Gasteiger partial charge on any atom is 0.155 e. The molecular formula is C10H16O2. The Morgan fingerprint density at radius 1 is 1.58 bits per heavy atom. The van der Waals surface area contributed by atoms with Crippen molar-refractivity contribution in [3.8, 4) is 0 Å². The lowest BCUT2D eigenvalue weighted by atomic mass is 9.74. The van der Waals surface area contributed by atoms with E-state index < -0.39 is 0 Å². The monoisotopic (exact) mass is 168 g/mol. The molecule has 12 heavy (non-hydrogen) atoms. The summed E-state index contributed by atoms with van der Waals surface area (Å²) >= 11 is 0. The van der Waals surface area contributed by atoms with Gasteiger partial charge in [-0.15, -0.1) is 0 Å². The minimum atomic E-state index is 0.108. The van der Waals surface area contributed by atoms with Crippen LogP contribution in [-0.2, 0) is 4.79 Å². The molecule has 2 nitrogen and oxygen atoms in total. The average Bonchev–Trinajstić information content (AvgIpc) is 1.98. The topological polar surface area (TPSA) is 37.3 Å². The third-order valence-corrected chi connectivity index (χ3v) is 2.58. The first kappa shape index (κ1) is 9.46. The number of carbonyl (C=O) groups excluding carboxylic acids is 1. The fourth-order valence-electron chi connectivity index (χ4n) is 1.59. The molecule has 0 saturated carbocycles.